The van der Waals surface area contributed by atoms with Crippen molar-refractivity contribution in [1.82, 2.24) is 0 Å². The fraction of sp³-hybridized carbons (Fsp3) is 0.263. The van der Waals surface area contributed by atoms with Crippen molar-refractivity contribution in [3.8, 4) is 17.2 Å². The van der Waals surface area contributed by atoms with E-state index in [1.54, 1.807) is 42.5 Å². The average Bonchev–Trinajstić information content (AvgIpc) is 2.67. The molecule has 0 spiro atoms. The number of amides is 1. The number of ether oxygens (including phenoxy) is 3. The summed E-state index contributed by atoms with van der Waals surface area (Å²) in [5.41, 5.74) is 0.897. The minimum absolute atomic E-state index is 0.0826. The van der Waals surface area contributed by atoms with E-state index in [4.69, 9.17) is 14.2 Å². The van der Waals surface area contributed by atoms with Gasteiger partial charge in [-0.15, -0.1) is 0 Å². The summed E-state index contributed by atoms with van der Waals surface area (Å²) in [6.07, 6.45) is -1.13. The summed E-state index contributed by atoms with van der Waals surface area (Å²) in [7, 11) is 1.50. The minimum atomic E-state index is -1.13. The number of carboxylic acids is 1. The number of carbonyl (C=O) groups excluding carboxylic acids is 1. The minimum Gasteiger partial charge on any atom is -0.493 e. The predicted octanol–water partition coefficient (Wildman–Crippen LogP) is 2.59. The highest BCUT2D eigenvalue weighted by molar-refractivity contribution is 6.08. The van der Waals surface area contributed by atoms with Gasteiger partial charge in [0, 0.05) is 5.56 Å². The van der Waals surface area contributed by atoms with E-state index in [1.807, 2.05) is 6.92 Å². The Hall–Kier alpha value is -3.22. The number of carbonyl (C=O) groups is 2. The Labute approximate surface area is 150 Å². The smallest absolute Gasteiger partial charge is 0.346 e. The molecule has 1 aliphatic heterocycles. The molecule has 136 valence electrons. The zero-order valence-electron chi connectivity index (χ0n) is 14.5. The van der Waals surface area contributed by atoms with Crippen LogP contribution in [0.15, 0.2) is 42.5 Å². The molecule has 1 atom stereocenters. The molecule has 26 heavy (non-hydrogen) atoms. The highest BCUT2D eigenvalue weighted by atomic mass is 16.5. The molecule has 2 aromatic carbocycles. The van der Waals surface area contributed by atoms with E-state index in [2.05, 4.69) is 0 Å². The Morgan fingerprint density at radius 3 is 2.69 bits per heavy atom. The van der Waals surface area contributed by atoms with Gasteiger partial charge in [-0.3, -0.25) is 4.79 Å². The molecule has 0 fully saturated rings. The van der Waals surface area contributed by atoms with Gasteiger partial charge in [0.05, 0.1) is 25.9 Å². The summed E-state index contributed by atoms with van der Waals surface area (Å²) in [5, 5.41) is 9.31. The molecule has 1 aliphatic rings. The third-order valence-corrected chi connectivity index (χ3v) is 4.00. The zero-order valence-corrected chi connectivity index (χ0v) is 14.5. The number of anilines is 1. The number of nitrogens with zero attached hydrogens (tertiary/aromatic N) is 1. The van der Waals surface area contributed by atoms with Crippen LogP contribution in [0.1, 0.15) is 17.3 Å². The number of fused-ring (bicyclic) bond motifs is 1. The number of hydrogen-bond acceptors (Lipinski definition) is 5. The summed E-state index contributed by atoms with van der Waals surface area (Å²) in [5.74, 6) is -0.126. The van der Waals surface area contributed by atoms with Gasteiger partial charge in [-0.05, 0) is 37.3 Å². The molecule has 0 bridgehead atoms. The quantitative estimate of drug-likeness (QED) is 0.885. The van der Waals surface area contributed by atoms with Crippen LogP contribution in [0.2, 0.25) is 0 Å². The molecule has 0 saturated carbocycles. The number of carboxylic acid groups (broad SMARTS) is 1. The standard InChI is InChI=1S/C19H19NO6/c1-3-25-15-9-8-12(10-16(15)24-2)18(21)20-11-17(19(22)23)26-14-7-5-4-6-13(14)20/h4-10,17H,3,11H2,1-2H3,(H,22,23)/t17-/m1/s1. The van der Waals surface area contributed by atoms with E-state index < -0.39 is 12.1 Å². The number of benzene rings is 2. The maximum absolute atomic E-state index is 13.0. The molecule has 1 amide bonds. The van der Waals surface area contributed by atoms with Gasteiger partial charge in [0.1, 0.15) is 5.75 Å². The first-order chi connectivity index (χ1) is 12.5. The fourth-order valence-electron chi connectivity index (χ4n) is 2.79. The van der Waals surface area contributed by atoms with E-state index in [0.29, 0.717) is 35.1 Å². The van der Waals surface area contributed by atoms with Crippen molar-refractivity contribution in [2.24, 2.45) is 0 Å². The Balaban J connectivity index is 1.97. The van der Waals surface area contributed by atoms with Crippen LogP contribution in [-0.4, -0.2) is 43.3 Å². The summed E-state index contributed by atoms with van der Waals surface area (Å²) < 4.78 is 16.2. The molecule has 0 aliphatic carbocycles. The van der Waals surface area contributed by atoms with Gasteiger partial charge in [-0.1, -0.05) is 12.1 Å². The molecular formula is C19H19NO6. The fourth-order valence-corrected chi connectivity index (χ4v) is 2.79. The normalized spacial score (nSPS) is 15.6. The second-order valence-corrected chi connectivity index (χ2v) is 5.63. The number of rotatable bonds is 5. The number of aliphatic carboxylic acids is 1. The maximum Gasteiger partial charge on any atom is 0.346 e. The van der Waals surface area contributed by atoms with Crippen molar-refractivity contribution in [3.05, 3.63) is 48.0 Å². The Bertz CT molecular complexity index is 835. The van der Waals surface area contributed by atoms with Crippen LogP contribution >= 0.6 is 0 Å². The van der Waals surface area contributed by atoms with Crippen LogP contribution in [0.5, 0.6) is 17.2 Å². The van der Waals surface area contributed by atoms with Gasteiger partial charge < -0.3 is 24.2 Å². The van der Waals surface area contributed by atoms with Gasteiger partial charge in [-0.2, -0.15) is 0 Å². The first kappa shape index (κ1) is 17.6. The summed E-state index contributed by atoms with van der Waals surface area (Å²) in [6, 6.07) is 11.7. The molecule has 0 unspecified atom stereocenters. The second-order valence-electron chi connectivity index (χ2n) is 5.63. The third kappa shape index (κ3) is 3.28. The molecule has 1 heterocycles. The van der Waals surface area contributed by atoms with Crippen LogP contribution < -0.4 is 19.1 Å². The lowest BCUT2D eigenvalue weighted by molar-refractivity contribution is -0.144. The molecule has 7 nitrogen and oxygen atoms in total. The Morgan fingerprint density at radius 2 is 2.00 bits per heavy atom. The first-order valence-corrected chi connectivity index (χ1v) is 8.16. The molecule has 0 saturated heterocycles. The van der Waals surface area contributed by atoms with E-state index in [9.17, 15) is 14.7 Å². The van der Waals surface area contributed by atoms with Crippen molar-refractivity contribution in [1.29, 1.82) is 0 Å². The van der Waals surface area contributed by atoms with Gasteiger partial charge in [0.15, 0.2) is 11.5 Å². The van der Waals surface area contributed by atoms with Crippen LogP contribution in [0.3, 0.4) is 0 Å². The second kappa shape index (κ2) is 7.35. The average molecular weight is 357 g/mol. The van der Waals surface area contributed by atoms with Gasteiger partial charge >= 0.3 is 5.97 Å². The van der Waals surface area contributed by atoms with Crippen LogP contribution in [0.4, 0.5) is 5.69 Å². The number of methoxy groups -OCH3 is 1. The molecule has 7 heteroatoms. The Kier molecular flexibility index (Phi) is 4.97. The lowest BCUT2D eigenvalue weighted by atomic mass is 10.1. The van der Waals surface area contributed by atoms with Crippen LogP contribution in [0, 0.1) is 0 Å². The van der Waals surface area contributed by atoms with E-state index in [-0.39, 0.29) is 12.5 Å². The van der Waals surface area contributed by atoms with Gasteiger partial charge in [-0.25, -0.2) is 4.79 Å². The van der Waals surface area contributed by atoms with E-state index in [1.165, 1.54) is 12.0 Å². The molecular weight excluding hydrogens is 338 g/mol. The largest absolute Gasteiger partial charge is 0.493 e. The molecule has 2 aromatic rings. The van der Waals surface area contributed by atoms with Gasteiger partial charge in [0.2, 0.25) is 6.10 Å². The molecule has 0 aromatic heterocycles. The first-order valence-electron chi connectivity index (χ1n) is 8.16. The van der Waals surface area contributed by atoms with Crippen molar-refractivity contribution in [2.75, 3.05) is 25.2 Å². The van der Waals surface area contributed by atoms with Crippen molar-refractivity contribution in [3.63, 3.8) is 0 Å². The topological polar surface area (TPSA) is 85.3 Å². The number of hydrogen-bond donors (Lipinski definition) is 1. The van der Waals surface area contributed by atoms with Crippen molar-refractivity contribution < 1.29 is 28.9 Å². The van der Waals surface area contributed by atoms with Crippen LogP contribution in [0.25, 0.3) is 0 Å². The van der Waals surface area contributed by atoms with Crippen molar-refractivity contribution >= 4 is 17.6 Å². The lowest BCUT2D eigenvalue weighted by Crippen LogP contribution is -2.47. The SMILES string of the molecule is CCOc1ccc(C(=O)N2C[C@H](C(=O)O)Oc3ccccc32)cc1OC. The lowest BCUT2D eigenvalue weighted by Gasteiger charge is -2.33. The molecule has 0 radical (unpaired) electrons. The van der Waals surface area contributed by atoms with E-state index in [0.717, 1.165) is 0 Å². The monoisotopic (exact) mass is 357 g/mol. The highest BCUT2D eigenvalue weighted by Gasteiger charge is 2.34. The molecule has 3 rings (SSSR count). The summed E-state index contributed by atoms with van der Waals surface area (Å²) in [6.45, 7) is 2.25. The summed E-state index contributed by atoms with van der Waals surface area (Å²) >= 11 is 0. The Morgan fingerprint density at radius 1 is 1.23 bits per heavy atom. The predicted molar refractivity (Wildman–Crippen MR) is 94.3 cm³/mol. The summed E-state index contributed by atoms with van der Waals surface area (Å²) in [4.78, 5) is 25.8. The highest BCUT2D eigenvalue weighted by Crippen LogP contribution is 2.35. The van der Waals surface area contributed by atoms with Crippen LogP contribution in [-0.2, 0) is 4.79 Å². The van der Waals surface area contributed by atoms with Crippen molar-refractivity contribution in [2.45, 2.75) is 13.0 Å². The van der Waals surface area contributed by atoms with Gasteiger partial charge in [0.25, 0.3) is 5.91 Å². The maximum atomic E-state index is 13.0. The molecule has 1 N–H and O–H groups in total. The van der Waals surface area contributed by atoms with E-state index >= 15 is 0 Å². The number of para-hydroxylation sites is 2. The zero-order chi connectivity index (χ0) is 18.7. The third-order valence-electron chi connectivity index (χ3n) is 4.00.